The Bertz CT molecular complexity index is 696. The van der Waals surface area contributed by atoms with Crippen molar-refractivity contribution in [3.63, 3.8) is 0 Å². The lowest BCUT2D eigenvalue weighted by Gasteiger charge is -2.02. The highest BCUT2D eigenvalue weighted by atomic mass is 16.1. The molecule has 1 aliphatic heterocycles. The first-order chi connectivity index (χ1) is 7.86. The molecule has 2 aliphatic rings. The van der Waals surface area contributed by atoms with Gasteiger partial charge in [0, 0.05) is 23.8 Å². The molecule has 1 aliphatic carbocycles. The Labute approximate surface area is 90.9 Å². The zero-order valence-electron chi connectivity index (χ0n) is 8.29. The van der Waals surface area contributed by atoms with Crippen molar-refractivity contribution >= 4 is 10.9 Å². The molecule has 0 N–H and O–H groups in total. The summed E-state index contributed by atoms with van der Waals surface area (Å²) in [6.07, 6.45) is 3.21. The number of hydrogen-bond acceptors (Lipinski definition) is 4. The molecule has 0 spiro atoms. The number of aromatic nitrogens is 3. The molecule has 0 saturated heterocycles. The van der Waals surface area contributed by atoms with Gasteiger partial charge in [-0.1, -0.05) is 0 Å². The summed E-state index contributed by atoms with van der Waals surface area (Å²) in [6, 6.07) is 8.67. The average Bonchev–Trinajstić information content (AvgIpc) is 2.55. The van der Waals surface area contributed by atoms with Crippen molar-refractivity contribution in [1.82, 2.24) is 15.2 Å². The molecule has 0 amide bonds. The normalized spacial score (nSPS) is 10.8. The van der Waals surface area contributed by atoms with E-state index in [1.54, 1.807) is 24.5 Å². The lowest BCUT2D eigenvalue weighted by atomic mass is 10.1. The second-order valence-electron chi connectivity index (χ2n) is 3.43. The highest BCUT2D eigenvalue weighted by molar-refractivity contribution is 5.93. The highest BCUT2D eigenvalue weighted by Crippen LogP contribution is 2.22. The topological polar surface area (TPSA) is 55.7 Å². The molecule has 0 atom stereocenters. The number of nitrogens with zero attached hydrogens (tertiary/aromatic N) is 3. The Kier molecular flexibility index (Phi) is 1.86. The fourth-order valence-electron chi connectivity index (χ4n) is 1.73. The van der Waals surface area contributed by atoms with E-state index in [1.165, 1.54) is 6.07 Å². The minimum absolute atomic E-state index is 0.0771. The maximum absolute atomic E-state index is 11.8. The number of rotatable bonds is 0. The van der Waals surface area contributed by atoms with Crippen molar-refractivity contribution in [2.45, 2.75) is 0 Å². The SMILES string of the molecule is O=c1cc2ncccc2c2nncccc1-2. The molecule has 4 nitrogen and oxygen atoms in total. The first kappa shape index (κ1) is 8.91. The Morgan fingerprint density at radius 1 is 1.06 bits per heavy atom. The third kappa shape index (κ3) is 1.24. The van der Waals surface area contributed by atoms with E-state index in [4.69, 9.17) is 0 Å². The second kappa shape index (κ2) is 3.34. The van der Waals surface area contributed by atoms with E-state index >= 15 is 0 Å². The lowest BCUT2D eigenvalue weighted by molar-refractivity contribution is 1.06. The quantitative estimate of drug-likeness (QED) is 0.562. The van der Waals surface area contributed by atoms with Crippen LogP contribution in [0.5, 0.6) is 0 Å². The van der Waals surface area contributed by atoms with Gasteiger partial charge in [0.05, 0.1) is 11.1 Å². The molecule has 16 heavy (non-hydrogen) atoms. The first-order valence-electron chi connectivity index (χ1n) is 4.86. The molecule has 1 aromatic heterocycles. The van der Waals surface area contributed by atoms with E-state index < -0.39 is 0 Å². The summed E-state index contributed by atoms with van der Waals surface area (Å²) in [4.78, 5) is 16.0. The summed E-state index contributed by atoms with van der Waals surface area (Å²) >= 11 is 0. The predicted molar refractivity (Wildman–Crippen MR) is 60.2 cm³/mol. The van der Waals surface area contributed by atoms with Gasteiger partial charge in [-0.25, -0.2) is 0 Å². The zero-order chi connectivity index (χ0) is 11.0. The summed E-state index contributed by atoms with van der Waals surface area (Å²) in [7, 11) is 0. The molecule has 2 heterocycles. The van der Waals surface area contributed by atoms with E-state index in [2.05, 4.69) is 15.2 Å². The van der Waals surface area contributed by atoms with Crippen LogP contribution in [0.25, 0.3) is 22.2 Å². The fraction of sp³-hybridized carbons (Fsp3) is 0. The standard InChI is InChI=1S/C12H7N3O/c16-11-7-10-8(3-1-5-13-10)12-9(11)4-2-6-14-15-12/h1-7H. The maximum atomic E-state index is 11.8. The van der Waals surface area contributed by atoms with Crippen LogP contribution in [0.2, 0.25) is 0 Å². The number of benzene rings is 1. The van der Waals surface area contributed by atoms with Crippen LogP contribution in [0.3, 0.4) is 0 Å². The predicted octanol–water partition coefficient (Wildman–Crippen LogP) is 1.49. The number of fused-ring (bicyclic) bond motifs is 3. The van der Waals surface area contributed by atoms with Gasteiger partial charge in [-0.15, -0.1) is 5.10 Å². The van der Waals surface area contributed by atoms with Crippen molar-refractivity contribution in [1.29, 1.82) is 0 Å². The second-order valence-corrected chi connectivity index (χ2v) is 3.43. The number of pyridine rings is 1. The molecule has 0 aromatic carbocycles. The molecule has 0 fully saturated rings. The highest BCUT2D eigenvalue weighted by Gasteiger charge is 2.11. The minimum atomic E-state index is -0.0771. The Hall–Kier alpha value is -2.36. The molecule has 0 unspecified atom stereocenters. The third-order valence-corrected chi connectivity index (χ3v) is 2.46. The van der Waals surface area contributed by atoms with Crippen molar-refractivity contribution < 1.29 is 0 Å². The maximum Gasteiger partial charge on any atom is 0.190 e. The van der Waals surface area contributed by atoms with E-state index in [-0.39, 0.29) is 5.43 Å². The van der Waals surface area contributed by atoms with Crippen molar-refractivity contribution in [2.24, 2.45) is 0 Å². The van der Waals surface area contributed by atoms with Crippen LogP contribution in [0.15, 0.2) is 47.5 Å². The van der Waals surface area contributed by atoms with Gasteiger partial charge in [0.15, 0.2) is 5.43 Å². The smallest absolute Gasteiger partial charge is 0.190 e. The van der Waals surface area contributed by atoms with Gasteiger partial charge in [0.25, 0.3) is 0 Å². The van der Waals surface area contributed by atoms with Crippen molar-refractivity contribution in [2.75, 3.05) is 0 Å². The average molecular weight is 209 g/mol. The summed E-state index contributed by atoms with van der Waals surface area (Å²) in [5.41, 5.74) is 1.74. The number of hydrogen-bond donors (Lipinski definition) is 0. The summed E-state index contributed by atoms with van der Waals surface area (Å²) in [5.74, 6) is 0. The summed E-state index contributed by atoms with van der Waals surface area (Å²) in [6.45, 7) is 0. The van der Waals surface area contributed by atoms with Crippen LogP contribution < -0.4 is 5.43 Å². The van der Waals surface area contributed by atoms with Gasteiger partial charge in [-0.3, -0.25) is 9.78 Å². The fourth-order valence-corrected chi connectivity index (χ4v) is 1.73. The Morgan fingerprint density at radius 2 is 1.94 bits per heavy atom. The van der Waals surface area contributed by atoms with Gasteiger partial charge in [0.1, 0.15) is 5.69 Å². The van der Waals surface area contributed by atoms with E-state index in [0.29, 0.717) is 16.8 Å². The zero-order valence-corrected chi connectivity index (χ0v) is 8.29. The van der Waals surface area contributed by atoms with Crippen LogP contribution in [0.1, 0.15) is 0 Å². The van der Waals surface area contributed by atoms with Crippen LogP contribution in [0, 0.1) is 0 Å². The van der Waals surface area contributed by atoms with Crippen molar-refractivity contribution in [3.05, 3.63) is 52.9 Å². The summed E-state index contributed by atoms with van der Waals surface area (Å²) in [5, 5.41) is 8.74. The Balaban J connectivity index is 2.62. The molecule has 0 radical (unpaired) electrons. The Morgan fingerprint density at radius 3 is 2.88 bits per heavy atom. The largest absolute Gasteiger partial charge is 0.289 e. The minimum Gasteiger partial charge on any atom is -0.289 e. The van der Waals surface area contributed by atoms with E-state index in [9.17, 15) is 4.79 Å². The van der Waals surface area contributed by atoms with Gasteiger partial charge in [0.2, 0.25) is 0 Å². The molecular weight excluding hydrogens is 202 g/mol. The molecule has 0 saturated carbocycles. The van der Waals surface area contributed by atoms with Crippen LogP contribution in [-0.2, 0) is 0 Å². The molecule has 1 aromatic rings. The van der Waals surface area contributed by atoms with Gasteiger partial charge >= 0.3 is 0 Å². The molecule has 3 rings (SSSR count). The van der Waals surface area contributed by atoms with E-state index in [0.717, 1.165) is 5.39 Å². The monoisotopic (exact) mass is 209 g/mol. The molecule has 0 bridgehead atoms. The molecule has 4 heteroatoms. The van der Waals surface area contributed by atoms with Gasteiger partial charge in [-0.05, 0) is 24.3 Å². The van der Waals surface area contributed by atoms with Crippen molar-refractivity contribution in [3.8, 4) is 11.3 Å². The van der Waals surface area contributed by atoms with Gasteiger partial charge in [-0.2, -0.15) is 5.10 Å². The molecule has 76 valence electrons. The first-order valence-corrected chi connectivity index (χ1v) is 4.86. The van der Waals surface area contributed by atoms with E-state index in [1.807, 2.05) is 12.1 Å². The van der Waals surface area contributed by atoms with Crippen LogP contribution in [0.4, 0.5) is 0 Å². The third-order valence-electron chi connectivity index (χ3n) is 2.46. The van der Waals surface area contributed by atoms with Crippen LogP contribution in [-0.4, -0.2) is 15.2 Å². The molecular formula is C12H7N3O. The van der Waals surface area contributed by atoms with Crippen LogP contribution >= 0.6 is 0 Å². The lowest BCUT2D eigenvalue weighted by Crippen LogP contribution is -2.05. The van der Waals surface area contributed by atoms with Gasteiger partial charge < -0.3 is 0 Å². The summed E-state index contributed by atoms with van der Waals surface area (Å²) < 4.78 is 0.